The Kier molecular flexibility index (Phi) is 6.94. The van der Waals surface area contributed by atoms with Gasteiger partial charge in [-0.1, -0.05) is 23.4 Å². The minimum Gasteiger partial charge on any atom is -0.394 e. The summed E-state index contributed by atoms with van der Waals surface area (Å²) in [4.78, 5) is 19.0. The van der Waals surface area contributed by atoms with E-state index in [0.717, 1.165) is 75.7 Å². The Morgan fingerprint density at radius 1 is 1.15 bits per heavy atom. The second kappa shape index (κ2) is 9.92. The second-order valence-corrected chi connectivity index (χ2v) is 10.6. The van der Waals surface area contributed by atoms with Gasteiger partial charge in [-0.25, -0.2) is 15.0 Å². The highest BCUT2D eigenvalue weighted by Gasteiger charge is 2.38. The lowest BCUT2D eigenvalue weighted by atomic mass is 9.78. The van der Waals surface area contributed by atoms with Crippen LogP contribution in [0.15, 0.2) is 28.4 Å². The Balaban J connectivity index is 1.32. The summed E-state index contributed by atoms with van der Waals surface area (Å²) in [5, 5.41) is 20.9. The highest BCUT2D eigenvalue weighted by molar-refractivity contribution is 7.99. The van der Waals surface area contributed by atoms with Crippen molar-refractivity contribution in [2.45, 2.75) is 54.7 Å². The van der Waals surface area contributed by atoms with Gasteiger partial charge in [0.2, 0.25) is 0 Å². The van der Waals surface area contributed by atoms with Crippen LogP contribution in [0.2, 0.25) is 5.02 Å². The zero-order valence-corrected chi connectivity index (χ0v) is 20.2. The summed E-state index contributed by atoms with van der Waals surface area (Å²) in [6.45, 7) is 4.29. The van der Waals surface area contributed by atoms with Gasteiger partial charge < -0.3 is 24.7 Å². The lowest BCUT2D eigenvalue weighted by molar-refractivity contribution is 0.133. The molecule has 3 saturated heterocycles. The first-order valence-corrected chi connectivity index (χ1v) is 12.8. The van der Waals surface area contributed by atoms with E-state index in [1.54, 1.807) is 12.4 Å². The van der Waals surface area contributed by atoms with Crippen LogP contribution in [-0.4, -0.2) is 70.7 Å². The van der Waals surface area contributed by atoms with Crippen molar-refractivity contribution in [1.82, 2.24) is 15.0 Å². The first-order chi connectivity index (χ1) is 16.1. The molecule has 10 heteroatoms. The molecule has 0 amide bonds. The van der Waals surface area contributed by atoms with Crippen molar-refractivity contribution in [2.75, 3.05) is 49.3 Å². The van der Waals surface area contributed by atoms with Crippen molar-refractivity contribution in [1.29, 1.82) is 0 Å². The Labute approximate surface area is 203 Å². The fourth-order valence-corrected chi connectivity index (χ4v) is 6.30. The van der Waals surface area contributed by atoms with Crippen molar-refractivity contribution in [3.63, 3.8) is 0 Å². The standard InChI is InChI=1S/C23H30ClN5O3S/c24-20-18(3-7-25-22(20)29-8-1-2-16(29)13-30)33-19-12-26-21(17(14-31)27-19)28-9-4-23(5-10-28)6-11-32-15-23/h3,7,12,16,30-31H,1-2,4-6,8-11,13-15H2. The van der Waals surface area contributed by atoms with Crippen LogP contribution >= 0.6 is 23.4 Å². The first kappa shape index (κ1) is 23.1. The molecule has 1 atom stereocenters. The minimum atomic E-state index is -0.164. The maximum Gasteiger partial charge on any atom is 0.152 e. The number of anilines is 2. The summed E-state index contributed by atoms with van der Waals surface area (Å²) in [5.74, 6) is 1.46. The van der Waals surface area contributed by atoms with E-state index in [1.807, 2.05) is 6.07 Å². The highest BCUT2D eigenvalue weighted by atomic mass is 35.5. The van der Waals surface area contributed by atoms with Crippen molar-refractivity contribution >= 4 is 35.0 Å². The molecule has 0 aliphatic carbocycles. The fourth-order valence-electron chi connectivity index (χ4n) is 5.17. The molecule has 0 radical (unpaired) electrons. The Morgan fingerprint density at radius 3 is 2.73 bits per heavy atom. The molecule has 2 N–H and O–H groups in total. The van der Waals surface area contributed by atoms with Gasteiger partial charge in [0.1, 0.15) is 16.5 Å². The van der Waals surface area contributed by atoms with Gasteiger partial charge in [-0.05, 0) is 43.6 Å². The van der Waals surface area contributed by atoms with Crippen LogP contribution in [0.1, 0.15) is 37.8 Å². The summed E-state index contributed by atoms with van der Waals surface area (Å²) in [6.07, 6.45) is 8.74. The number of aliphatic hydroxyl groups excluding tert-OH is 2. The van der Waals surface area contributed by atoms with Gasteiger partial charge in [0, 0.05) is 37.3 Å². The number of rotatable bonds is 6. The average molecular weight is 492 g/mol. The zero-order valence-electron chi connectivity index (χ0n) is 18.6. The predicted octanol–water partition coefficient (Wildman–Crippen LogP) is 3.14. The number of aliphatic hydroxyl groups is 2. The molecular weight excluding hydrogens is 462 g/mol. The Bertz CT molecular complexity index is 981. The van der Waals surface area contributed by atoms with E-state index >= 15 is 0 Å². The number of ether oxygens (including phenoxy) is 1. The predicted molar refractivity (Wildman–Crippen MR) is 128 cm³/mol. The lowest BCUT2D eigenvalue weighted by Gasteiger charge is -2.39. The molecule has 8 nitrogen and oxygen atoms in total. The van der Waals surface area contributed by atoms with Crippen LogP contribution in [-0.2, 0) is 11.3 Å². The van der Waals surface area contributed by atoms with E-state index in [2.05, 4.69) is 19.8 Å². The molecular formula is C23H30ClN5O3S. The van der Waals surface area contributed by atoms with Crippen LogP contribution in [0.5, 0.6) is 0 Å². The van der Waals surface area contributed by atoms with E-state index in [0.29, 0.717) is 27.0 Å². The second-order valence-electron chi connectivity index (χ2n) is 9.15. The molecule has 3 fully saturated rings. The molecule has 1 spiro atoms. The third kappa shape index (κ3) is 4.66. The summed E-state index contributed by atoms with van der Waals surface area (Å²) in [7, 11) is 0. The number of nitrogens with zero attached hydrogens (tertiary/aromatic N) is 5. The summed E-state index contributed by atoms with van der Waals surface area (Å²) >= 11 is 8.14. The molecule has 2 aromatic rings. The van der Waals surface area contributed by atoms with E-state index in [-0.39, 0.29) is 19.3 Å². The molecule has 5 rings (SSSR count). The minimum absolute atomic E-state index is 0.0507. The maximum atomic E-state index is 10.0. The maximum absolute atomic E-state index is 10.0. The van der Waals surface area contributed by atoms with Gasteiger partial charge >= 0.3 is 0 Å². The van der Waals surface area contributed by atoms with Crippen molar-refractivity contribution < 1.29 is 14.9 Å². The van der Waals surface area contributed by atoms with Gasteiger partial charge in [-0.15, -0.1) is 0 Å². The first-order valence-electron chi connectivity index (χ1n) is 11.6. The summed E-state index contributed by atoms with van der Waals surface area (Å²) in [5.41, 5.74) is 0.906. The van der Waals surface area contributed by atoms with E-state index in [9.17, 15) is 10.2 Å². The highest BCUT2D eigenvalue weighted by Crippen LogP contribution is 2.41. The number of halogens is 1. The molecule has 3 aliphatic heterocycles. The molecule has 178 valence electrons. The smallest absolute Gasteiger partial charge is 0.152 e. The molecule has 3 aliphatic rings. The number of piperidine rings is 1. The van der Waals surface area contributed by atoms with Gasteiger partial charge in [0.15, 0.2) is 5.82 Å². The van der Waals surface area contributed by atoms with E-state index < -0.39 is 0 Å². The molecule has 5 heterocycles. The zero-order chi connectivity index (χ0) is 22.8. The van der Waals surface area contributed by atoms with E-state index in [4.69, 9.17) is 21.3 Å². The van der Waals surface area contributed by atoms with Gasteiger partial charge in [-0.3, -0.25) is 0 Å². The number of hydrogen-bond acceptors (Lipinski definition) is 9. The average Bonchev–Trinajstić information content (AvgIpc) is 3.51. The molecule has 0 aromatic carbocycles. The van der Waals surface area contributed by atoms with Crippen molar-refractivity contribution in [2.24, 2.45) is 5.41 Å². The quantitative estimate of drug-likeness (QED) is 0.631. The van der Waals surface area contributed by atoms with Crippen LogP contribution in [0.4, 0.5) is 11.6 Å². The van der Waals surface area contributed by atoms with Crippen LogP contribution in [0.3, 0.4) is 0 Å². The lowest BCUT2D eigenvalue weighted by Crippen LogP contribution is -2.41. The normalized spacial score (nSPS) is 22.5. The van der Waals surface area contributed by atoms with Gasteiger partial charge in [0.25, 0.3) is 0 Å². The van der Waals surface area contributed by atoms with Crippen molar-refractivity contribution in [3.05, 3.63) is 29.2 Å². The third-order valence-electron chi connectivity index (χ3n) is 7.17. The number of hydrogen-bond donors (Lipinski definition) is 2. The molecule has 1 unspecified atom stereocenters. The van der Waals surface area contributed by atoms with Crippen molar-refractivity contribution in [3.8, 4) is 0 Å². The molecule has 0 saturated carbocycles. The number of aromatic nitrogens is 3. The monoisotopic (exact) mass is 491 g/mol. The van der Waals surface area contributed by atoms with Crippen LogP contribution < -0.4 is 9.80 Å². The Hall–Kier alpha value is -1.65. The Morgan fingerprint density at radius 2 is 2.00 bits per heavy atom. The summed E-state index contributed by atoms with van der Waals surface area (Å²) in [6, 6.07) is 1.91. The van der Waals surface area contributed by atoms with Crippen LogP contribution in [0, 0.1) is 5.41 Å². The third-order valence-corrected chi connectivity index (χ3v) is 8.62. The van der Waals surface area contributed by atoms with Gasteiger partial charge in [0.05, 0.1) is 37.1 Å². The number of pyridine rings is 1. The topological polar surface area (TPSA) is 94.8 Å². The summed E-state index contributed by atoms with van der Waals surface area (Å²) < 4.78 is 5.64. The molecule has 0 bridgehead atoms. The van der Waals surface area contributed by atoms with Crippen LogP contribution in [0.25, 0.3) is 0 Å². The van der Waals surface area contributed by atoms with E-state index in [1.165, 1.54) is 11.8 Å². The molecule has 33 heavy (non-hydrogen) atoms. The molecule has 2 aromatic heterocycles. The SMILES string of the molecule is OCc1nc(Sc2ccnc(N3CCCC3CO)c2Cl)cnc1N1CCC2(CCOC2)CC1. The van der Waals surface area contributed by atoms with Gasteiger partial charge in [-0.2, -0.15) is 0 Å². The fraction of sp³-hybridized carbons (Fsp3) is 0.609. The largest absolute Gasteiger partial charge is 0.394 e.